The van der Waals surface area contributed by atoms with Crippen LogP contribution in [0.25, 0.3) is 34.2 Å². The normalized spacial score (nSPS) is 14.8. The lowest BCUT2D eigenvalue weighted by Gasteiger charge is -2.34. The van der Waals surface area contributed by atoms with Crippen LogP contribution in [-0.2, 0) is 0 Å². The Labute approximate surface area is 245 Å². The highest BCUT2D eigenvalue weighted by Crippen LogP contribution is 2.24. The predicted octanol–water partition coefficient (Wildman–Crippen LogP) is 5.84. The first-order chi connectivity index (χ1) is 19.2. The number of nitrogens with zero attached hydrogens (tertiary/aromatic N) is 4. The van der Waals surface area contributed by atoms with Gasteiger partial charge in [-0.2, -0.15) is 0 Å². The number of nitrogens with two attached hydrogens (primary N) is 1. The molecule has 3 N–H and O–H groups in total. The van der Waals surface area contributed by atoms with Crippen molar-refractivity contribution < 1.29 is 0 Å². The molecule has 1 fully saturated rings. The van der Waals surface area contributed by atoms with Crippen molar-refractivity contribution in [3.8, 4) is 11.1 Å². The van der Waals surface area contributed by atoms with Gasteiger partial charge in [0.05, 0.1) is 5.52 Å². The standard InChI is InChI=1S/C32H37IN6/c33-28-13-14-30-29(24-28)32(35-17-5-19-39-22-20-38(21-23-39)18-4-16-34)37-31(36-30)15-10-25-8-11-27(12-9-25)26-6-2-1-3-7-26/h1-3,6-15,24H,4-5,16-23,34H2,(H,35,36,37)/b15-10+. The number of nitrogens with one attached hydrogen (secondary N) is 1. The van der Waals surface area contributed by atoms with E-state index in [-0.39, 0.29) is 0 Å². The zero-order chi connectivity index (χ0) is 26.9. The van der Waals surface area contributed by atoms with Crippen molar-refractivity contribution >= 4 is 51.5 Å². The number of benzene rings is 3. The Morgan fingerprint density at radius 3 is 2.21 bits per heavy atom. The topological polar surface area (TPSA) is 70.3 Å². The second kappa shape index (κ2) is 14.0. The molecule has 1 aliphatic rings. The van der Waals surface area contributed by atoms with Gasteiger partial charge in [0.15, 0.2) is 5.82 Å². The summed E-state index contributed by atoms with van der Waals surface area (Å²) >= 11 is 2.35. The fourth-order valence-electron chi connectivity index (χ4n) is 4.98. The maximum Gasteiger partial charge on any atom is 0.154 e. The molecule has 0 radical (unpaired) electrons. The van der Waals surface area contributed by atoms with Crippen LogP contribution in [0.3, 0.4) is 0 Å². The number of fused-ring (bicyclic) bond motifs is 1. The van der Waals surface area contributed by atoms with Gasteiger partial charge in [-0.05, 0) is 96.0 Å². The molecular formula is C32H37IN6. The zero-order valence-electron chi connectivity index (χ0n) is 22.4. The first-order valence-electron chi connectivity index (χ1n) is 13.9. The lowest BCUT2D eigenvalue weighted by atomic mass is 10.0. The third-order valence-corrected chi connectivity index (χ3v) is 7.88. The van der Waals surface area contributed by atoms with E-state index >= 15 is 0 Å². The molecule has 1 aliphatic heterocycles. The number of rotatable bonds is 11. The van der Waals surface area contributed by atoms with Crippen molar-refractivity contribution in [2.45, 2.75) is 12.8 Å². The van der Waals surface area contributed by atoms with Crippen LogP contribution < -0.4 is 11.1 Å². The summed E-state index contributed by atoms with van der Waals surface area (Å²) in [6.45, 7) is 8.46. The summed E-state index contributed by atoms with van der Waals surface area (Å²) in [5.74, 6) is 1.62. The van der Waals surface area contributed by atoms with E-state index in [0.29, 0.717) is 5.82 Å². The minimum absolute atomic E-state index is 0.715. The van der Waals surface area contributed by atoms with Gasteiger partial charge in [-0.25, -0.2) is 9.97 Å². The van der Waals surface area contributed by atoms with Crippen molar-refractivity contribution in [3.63, 3.8) is 0 Å². The molecule has 3 aromatic carbocycles. The van der Waals surface area contributed by atoms with Gasteiger partial charge >= 0.3 is 0 Å². The molecule has 39 heavy (non-hydrogen) atoms. The lowest BCUT2D eigenvalue weighted by Crippen LogP contribution is -2.47. The Kier molecular flexibility index (Phi) is 9.93. The maximum absolute atomic E-state index is 5.66. The Morgan fingerprint density at radius 2 is 1.49 bits per heavy atom. The van der Waals surface area contributed by atoms with Crippen molar-refractivity contribution in [2.75, 3.05) is 57.7 Å². The van der Waals surface area contributed by atoms with Crippen molar-refractivity contribution in [2.24, 2.45) is 5.73 Å². The Morgan fingerprint density at radius 1 is 0.795 bits per heavy atom. The SMILES string of the molecule is NCCCN1CCN(CCCNc2nc(/C=C/c3ccc(-c4ccccc4)cc3)nc3ccc(I)cc23)CC1. The van der Waals surface area contributed by atoms with Gasteiger partial charge in [0.1, 0.15) is 5.82 Å². The fourth-order valence-corrected chi connectivity index (χ4v) is 5.47. The van der Waals surface area contributed by atoms with Crippen molar-refractivity contribution in [3.05, 3.63) is 87.8 Å². The number of aromatic nitrogens is 2. The van der Waals surface area contributed by atoms with Crippen molar-refractivity contribution in [1.29, 1.82) is 0 Å². The van der Waals surface area contributed by atoms with E-state index in [1.165, 1.54) is 14.7 Å². The highest BCUT2D eigenvalue weighted by Gasteiger charge is 2.16. The highest BCUT2D eigenvalue weighted by atomic mass is 127. The van der Waals surface area contributed by atoms with Crippen LogP contribution in [-0.4, -0.2) is 72.1 Å². The number of hydrogen-bond acceptors (Lipinski definition) is 6. The second-order valence-electron chi connectivity index (χ2n) is 10.0. The molecule has 0 bridgehead atoms. The lowest BCUT2D eigenvalue weighted by molar-refractivity contribution is 0.132. The molecule has 2 heterocycles. The largest absolute Gasteiger partial charge is 0.369 e. The number of piperazine rings is 1. The molecule has 0 unspecified atom stereocenters. The Bertz CT molecular complexity index is 1370. The van der Waals surface area contributed by atoms with Crippen LogP contribution in [0.2, 0.25) is 0 Å². The molecule has 0 amide bonds. The quantitative estimate of drug-likeness (QED) is 0.160. The molecule has 0 saturated carbocycles. The van der Waals surface area contributed by atoms with Gasteiger partial charge in [0.2, 0.25) is 0 Å². The molecule has 0 aliphatic carbocycles. The second-order valence-corrected chi connectivity index (χ2v) is 11.3. The van der Waals surface area contributed by atoms with E-state index in [0.717, 1.165) is 87.5 Å². The molecule has 0 atom stereocenters. The monoisotopic (exact) mass is 632 g/mol. The van der Waals surface area contributed by atoms with E-state index in [1.807, 2.05) is 12.1 Å². The van der Waals surface area contributed by atoms with E-state index in [9.17, 15) is 0 Å². The van der Waals surface area contributed by atoms with Gasteiger partial charge in [0, 0.05) is 41.7 Å². The third-order valence-electron chi connectivity index (χ3n) is 7.20. The summed E-state index contributed by atoms with van der Waals surface area (Å²) in [6, 6.07) is 25.4. The van der Waals surface area contributed by atoms with Crippen LogP contribution in [0.15, 0.2) is 72.8 Å². The number of hydrogen-bond donors (Lipinski definition) is 2. The van der Waals surface area contributed by atoms with Crippen LogP contribution >= 0.6 is 22.6 Å². The first kappa shape index (κ1) is 27.7. The maximum atomic E-state index is 5.66. The molecular weight excluding hydrogens is 595 g/mol. The van der Waals surface area contributed by atoms with Gasteiger partial charge in [-0.15, -0.1) is 0 Å². The summed E-state index contributed by atoms with van der Waals surface area (Å²) in [5.41, 5.74) is 10.2. The summed E-state index contributed by atoms with van der Waals surface area (Å²) in [6.07, 6.45) is 6.26. The summed E-state index contributed by atoms with van der Waals surface area (Å²) < 4.78 is 1.18. The van der Waals surface area contributed by atoms with E-state index in [2.05, 4.69) is 111 Å². The van der Waals surface area contributed by atoms with Crippen LogP contribution in [0.1, 0.15) is 24.2 Å². The van der Waals surface area contributed by atoms with Gasteiger partial charge in [-0.1, -0.05) is 60.7 Å². The van der Waals surface area contributed by atoms with E-state index in [4.69, 9.17) is 15.7 Å². The van der Waals surface area contributed by atoms with Crippen molar-refractivity contribution in [1.82, 2.24) is 19.8 Å². The average Bonchev–Trinajstić information content (AvgIpc) is 2.98. The Hall–Kier alpha value is -2.85. The summed E-state index contributed by atoms with van der Waals surface area (Å²) in [7, 11) is 0. The molecule has 202 valence electrons. The minimum atomic E-state index is 0.715. The van der Waals surface area contributed by atoms with Crippen LogP contribution in [0.5, 0.6) is 0 Å². The molecule has 1 saturated heterocycles. The van der Waals surface area contributed by atoms with Gasteiger partial charge < -0.3 is 20.9 Å². The molecule has 4 aromatic rings. The molecule has 5 rings (SSSR count). The Balaban J connectivity index is 1.21. The van der Waals surface area contributed by atoms with Gasteiger partial charge in [-0.3, -0.25) is 0 Å². The van der Waals surface area contributed by atoms with E-state index in [1.54, 1.807) is 0 Å². The molecule has 0 spiro atoms. The molecule has 1 aromatic heterocycles. The predicted molar refractivity (Wildman–Crippen MR) is 173 cm³/mol. The highest BCUT2D eigenvalue weighted by molar-refractivity contribution is 14.1. The van der Waals surface area contributed by atoms with Crippen LogP contribution in [0.4, 0.5) is 5.82 Å². The number of anilines is 1. The summed E-state index contributed by atoms with van der Waals surface area (Å²) in [5, 5.41) is 4.69. The molecule has 7 heteroatoms. The van der Waals surface area contributed by atoms with Gasteiger partial charge in [0.25, 0.3) is 0 Å². The zero-order valence-corrected chi connectivity index (χ0v) is 24.6. The van der Waals surface area contributed by atoms with E-state index < -0.39 is 0 Å². The fraction of sp³-hybridized carbons (Fsp3) is 0.312. The molecule has 6 nitrogen and oxygen atoms in total. The van der Waals surface area contributed by atoms with Crippen LogP contribution in [0, 0.1) is 3.57 Å². The smallest absolute Gasteiger partial charge is 0.154 e. The number of halogens is 1. The minimum Gasteiger partial charge on any atom is -0.369 e. The third kappa shape index (κ3) is 7.85. The first-order valence-corrected chi connectivity index (χ1v) is 15.0. The summed E-state index contributed by atoms with van der Waals surface area (Å²) in [4.78, 5) is 14.8. The average molecular weight is 633 g/mol.